The molecule has 100 valence electrons. The van der Waals surface area contributed by atoms with E-state index in [0.717, 1.165) is 10.4 Å². The van der Waals surface area contributed by atoms with Crippen molar-refractivity contribution < 1.29 is 0 Å². The summed E-state index contributed by atoms with van der Waals surface area (Å²) >= 11 is 9.76. The Morgan fingerprint density at radius 1 is 1.39 bits per heavy atom. The second-order valence-corrected chi connectivity index (χ2v) is 6.04. The summed E-state index contributed by atoms with van der Waals surface area (Å²) in [6, 6.07) is 6.95. The smallest absolute Gasteiger partial charge is 0.0426 e. The van der Waals surface area contributed by atoms with Crippen LogP contribution in [0.5, 0.6) is 0 Å². The maximum absolute atomic E-state index is 6.18. The Kier molecular flexibility index (Phi) is 5.38. The Balaban J connectivity index is 2.29. The van der Waals surface area contributed by atoms with E-state index in [2.05, 4.69) is 39.9 Å². The highest BCUT2D eigenvalue weighted by molar-refractivity contribution is 9.08. The van der Waals surface area contributed by atoms with Crippen LogP contribution < -0.4 is 4.90 Å². The van der Waals surface area contributed by atoms with Gasteiger partial charge in [-0.25, -0.2) is 0 Å². The molecule has 0 bridgehead atoms. The van der Waals surface area contributed by atoms with Crippen LogP contribution in [-0.4, -0.2) is 12.6 Å². The largest absolute Gasteiger partial charge is 0.368 e. The number of rotatable bonds is 4. The molecule has 0 aromatic heterocycles. The molecule has 0 saturated carbocycles. The number of nitrogens with zero attached hydrogens (tertiary/aromatic N) is 1. The van der Waals surface area contributed by atoms with Crippen molar-refractivity contribution in [3.8, 4) is 0 Å². The zero-order valence-corrected chi connectivity index (χ0v) is 13.3. The summed E-state index contributed by atoms with van der Waals surface area (Å²) < 4.78 is 0. The molecule has 1 aromatic rings. The molecule has 1 aliphatic rings. The van der Waals surface area contributed by atoms with Gasteiger partial charge in [0, 0.05) is 28.6 Å². The molecule has 0 aliphatic carbocycles. The number of anilines is 1. The van der Waals surface area contributed by atoms with Crippen molar-refractivity contribution in [1.82, 2.24) is 0 Å². The van der Waals surface area contributed by atoms with Crippen molar-refractivity contribution in [2.24, 2.45) is 0 Å². The summed E-state index contributed by atoms with van der Waals surface area (Å²) in [5.41, 5.74) is 2.68. The highest BCUT2D eigenvalue weighted by Gasteiger charge is 2.23. The molecule has 1 fully saturated rings. The normalized spacial score (nSPS) is 20.2. The predicted octanol–water partition coefficient (Wildman–Crippen LogP) is 5.39. The van der Waals surface area contributed by atoms with E-state index in [1.165, 1.54) is 49.9 Å². The van der Waals surface area contributed by atoms with E-state index < -0.39 is 0 Å². The van der Waals surface area contributed by atoms with Crippen LogP contribution in [-0.2, 0) is 5.33 Å². The molecule has 1 heterocycles. The summed E-state index contributed by atoms with van der Waals surface area (Å²) in [6.45, 7) is 3.45. The first kappa shape index (κ1) is 14.2. The second-order valence-electron chi connectivity index (χ2n) is 5.04. The Hall–Kier alpha value is -0.210. The molecule has 18 heavy (non-hydrogen) atoms. The zero-order valence-electron chi connectivity index (χ0n) is 11.0. The van der Waals surface area contributed by atoms with E-state index in [0.29, 0.717) is 6.04 Å². The van der Waals surface area contributed by atoms with Crippen LogP contribution in [0.15, 0.2) is 18.2 Å². The molecule has 1 atom stereocenters. The van der Waals surface area contributed by atoms with Gasteiger partial charge in [0.25, 0.3) is 0 Å². The van der Waals surface area contributed by atoms with E-state index in [1.54, 1.807) is 0 Å². The van der Waals surface area contributed by atoms with E-state index in [4.69, 9.17) is 11.6 Å². The van der Waals surface area contributed by atoms with E-state index in [-0.39, 0.29) is 0 Å². The fourth-order valence-corrected chi connectivity index (χ4v) is 3.51. The third-order valence-electron chi connectivity index (χ3n) is 3.75. The molecule has 0 spiro atoms. The van der Waals surface area contributed by atoms with Crippen molar-refractivity contribution in [2.75, 3.05) is 11.4 Å². The van der Waals surface area contributed by atoms with Gasteiger partial charge in [-0.2, -0.15) is 0 Å². The molecule has 1 aliphatic heterocycles. The molecule has 1 unspecified atom stereocenters. The molecule has 0 amide bonds. The molecule has 0 N–H and O–H groups in total. The zero-order chi connectivity index (χ0) is 13.0. The van der Waals surface area contributed by atoms with Crippen molar-refractivity contribution in [1.29, 1.82) is 0 Å². The van der Waals surface area contributed by atoms with Gasteiger partial charge in [-0.3, -0.25) is 0 Å². The fraction of sp³-hybridized carbons (Fsp3) is 0.600. The lowest BCUT2D eigenvalue weighted by molar-refractivity contribution is 0.434. The molecular weight excluding hydrogens is 310 g/mol. The number of hydrogen-bond acceptors (Lipinski definition) is 1. The molecular formula is C15H21BrClN. The number of alkyl halides is 1. The minimum atomic E-state index is 0.694. The highest BCUT2D eigenvalue weighted by atomic mass is 79.9. The second kappa shape index (κ2) is 6.81. The van der Waals surface area contributed by atoms with Crippen LogP contribution in [0.1, 0.15) is 44.6 Å². The first-order chi connectivity index (χ1) is 8.76. The average Bonchev–Trinajstić information content (AvgIpc) is 2.40. The van der Waals surface area contributed by atoms with E-state index in [9.17, 15) is 0 Å². The third-order valence-corrected chi connectivity index (χ3v) is 4.59. The summed E-state index contributed by atoms with van der Waals surface area (Å²) in [5, 5.41) is 1.74. The van der Waals surface area contributed by atoms with Gasteiger partial charge in [-0.05, 0) is 43.4 Å². The van der Waals surface area contributed by atoms with Crippen LogP contribution in [0.2, 0.25) is 5.02 Å². The van der Waals surface area contributed by atoms with Crippen molar-refractivity contribution in [3.05, 3.63) is 28.8 Å². The van der Waals surface area contributed by atoms with Crippen LogP contribution in [0.4, 0.5) is 5.69 Å². The average molecular weight is 331 g/mol. The Morgan fingerprint density at radius 3 is 2.94 bits per heavy atom. The predicted molar refractivity (Wildman–Crippen MR) is 84.0 cm³/mol. The fourth-order valence-electron chi connectivity index (χ4n) is 2.87. The summed E-state index contributed by atoms with van der Waals surface area (Å²) in [6.07, 6.45) is 6.53. The Bertz CT molecular complexity index is 392. The van der Waals surface area contributed by atoms with Gasteiger partial charge in [0.2, 0.25) is 0 Å². The summed E-state index contributed by atoms with van der Waals surface area (Å²) in [5.74, 6) is 0. The lowest BCUT2D eigenvalue weighted by Crippen LogP contribution is -2.40. The number of piperidine rings is 1. The van der Waals surface area contributed by atoms with Crippen LogP contribution in [0.3, 0.4) is 0 Å². The van der Waals surface area contributed by atoms with Crippen molar-refractivity contribution >= 4 is 33.2 Å². The molecule has 3 heteroatoms. The quantitative estimate of drug-likeness (QED) is 0.669. The van der Waals surface area contributed by atoms with Crippen LogP contribution in [0.25, 0.3) is 0 Å². The molecule has 1 aromatic carbocycles. The third kappa shape index (κ3) is 3.21. The highest BCUT2D eigenvalue weighted by Crippen LogP contribution is 2.33. The van der Waals surface area contributed by atoms with Gasteiger partial charge in [-0.15, -0.1) is 0 Å². The number of halogens is 2. The molecule has 2 rings (SSSR count). The maximum Gasteiger partial charge on any atom is 0.0426 e. The minimum absolute atomic E-state index is 0.694. The maximum atomic E-state index is 6.18. The van der Waals surface area contributed by atoms with E-state index >= 15 is 0 Å². The first-order valence-corrected chi connectivity index (χ1v) is 8.37. The number of hydrogen-bond donors (Lipinski definition) is 0. The van der Waals surface area contributed by atoms with Gasteiger partial charge in [0.1, 0.15) is 0 Å². The molecule has 1 saturated heterocycles. The van der Waals surface area contributed by atoms with Crippen molar-refractivity contribution in [2.45, 2.75) is 50.4 Å². The van der Waals surface area contributed by atoms with Gasteiger partial charge >= 0.3 is 0 Å². The van der Waals surface area contributed by atoms with Gasteiger partial charge in [0.05, 0.1) is 0 Å². The van der Waals surface area contributed by atoms with Gasteiger partial charge in [0.15, 0.2) is 0 Å². The number of benzene rings is 1. The Labute approximate surface area is 124 Å². The van der Waals surface area contributed by atoms with Gasteiger partial charge < -0.3 is 4.90 Å². The summed E-state index contributed by atoms with van der Waals surface area (Å²) in [7, 11) is 0. The van der Waals surface area contributed by atoms with E-state index in [1.807, 2.05) is 6.07 Å². The van der Waals surface area contributed by atoms with Crippen LogP contribution >= 0.6 is 27.5 Å². The first-order valence-electron chi connectivity index (χ1n) is 6.87. The lowest BCUT2D eigenvalue weighted by atomic mass is 9.96. The molecule has 1 nitrogen and oxygen atoms in total. The lowest BCUT2D eigenvalue weighted by Gasteiger charge is -2.38. The minimum Gasteiger partial charge on any atom is -0.368 e. The topological polar surface area (TPSA) is 3.24 Å². The van der Waals surface area contributed by atoms with Crippen LogP contribution in [0, 0.1) is 0 Å². The molecule has 0 radical (unpaired) electrons. The SMILES string of the molecule is CCCC1CCCCN1c1cc(Cl)ccc1CBr. The monoisotopic (exact) mass is 329 g/mol. The van der Waals surface area contributed by atoms with Crippen molar-refractivity contribution in [3.63, 3.8) is 0 Å². The summed E-state index contributed by atoms with van der Waals surface area (Å²) in [4.78, 5) is 2.58. The van der Waals surface area contributed by atoms with Gasteiger partial charge in [-0.1, -0.05) is 46.9 Å². The Morgan fingerprint density at radius 2 is 2.22 bits per heavy atom. The standard InChI is InChI=1S/C15H21BrClN/c1-2-5-14-6-3-4-9-18(14)15-10-13(17)8-7-12(15)11-16/h7-8,10,14H,2-6,9,11H2,1H3.